The first-order chi connectivity index (χ1) is 10.1. The van der Waals surface area contributed by atoms with Gasteiger partial charge in [-0.1, -0.05) is 23.2 Å². The molecule has 2 saturated heterocycles. The fourth-order valence-corrected chi connectivity index (χ4v) is 2.90. The number of halogens is 2. The van der Waals surface area contributed by atoms with Gasteiger partial charge >= 0.3 is 6.03 Å². The molecule has 2 fully saturated rings. The standard InChI is InChI=1S/C14H18Cl2N4O/c15-12-2-1-10(7-13(12)16)18-14(21)20-5-3-19(4-6-20)11-8-17-9-11/h1-2,7,11,17H,3-6,8-9H2,(H,18,21). The highest BCUT2D eigenvalue weighted by Gasteiger charge is 2.29. The third-order valence-corrected chi connectivity index (χ3v) is 4.79. The van der Waals surface area contributed by atoms with E-state index < -0.39 is 0 Å². The monoisotopic (exact) mass is 328 g/mol. The van der Waals surface area contributed by atoms with Crippen molar-refractivity contribution < 1.29 is 4.79 Å². The van der Waals surface area contributed by atoms with Gasteiger partial charge in [0.05, 0.1) is 10.0 Å². The molecular formula is C14H18Cl2N4O. The van der Waals surface area contributed by atoms with Gasteiger partial charge in [0.2, 0.25) is 0 Å². The van der Waals surface area contributed by atoms with E-state index in [2.05, 4.69) is 15.5 Å². The fraction of sp³-hybridized carbons (Fsp3) is 0.500. The van der Waals surface area contributed by atoms with Crippen molar-refractivity contribution in [3.05, 3.63) is 28.2 Å². The van der Waals surface area contributed by atoms with Crippen LogP contribution in [-0.4, -0.2) is 61.1 Å². The Morgan fingerprint density at radius 1 is 1.14 bits per heavy atom. The molecular weight excluding hydrogens is 311 g/mol. The Kier molecular flexibility index (Phi) is 4.54. The summed E-state index contributed by atoms with van der Waals surface area (Å²) in [6, 6.07) is 5.66. The molecule has 0 spiro atoms. The highest BCUT2D eigenvalue weighted by atomic mass is 35.5. The minimum absolute atomic E-state index is 0.0835. The van der Waals surface area contributed by atoms with Gasteiger partial charge in [0.25, 0.3) is 0 Å². The average Bonchev–Trinajstić information content (AvgIpc) is 2.42. The molecule has 0 radical (unpaired) electrons. The molecule has 2 aliphatic heterocycles. The number of amides is 2. The van der Waals surface area contributed by atoms with Crippen LogP contribution in [0.5, 0.6) is 0 Å². The van der Waals surface area contributed by atoms with Gasteiger partial charge in [0.15, 0.2) is 0 Å². The largest absolute Gasteiger partial charge is 0.322 e. The molecule has 0 atom stereocenters. The molecule has 0 aliphatic carbocycles. The predicted octanol–water partition coefficient (Wildman–Crippen LogP) is 2.11. The van der Waals surface area contributed by atoms with Gasteiger partial charge in [-0.2, -0.15) is 0 Å². The minimum atomic E-state index is -0.0835. The number of piperazine rings is 1. The zero-order valence-electron chi connectivity index (χ0n) is 11.6. The number of urea groups is 1. The number of hydrogen-bond donors (Lipinski definition) is 2. The molecule has 3 rings (SSSR count). The number of nitrogens with one attached hydrogen (secondary N) is 2. The summed E-state index contributed by atoms with van der Waals surface area (Å²) in [5.41, 5.74) is 0.667. The molecule has 0 unspecified atom stereocenters. The number of hydrogen-bond acceptors (Lipinski definition) is 3. The summed E-state index contributed by atoms with van der Waals surface area (Å²) in [7, 11) is 0. The molecule has 7 heteroatoms. The Labute approximate surface area is 134 Å². The van der Waals surface area contributed by atoms with E-state index in [9.17, 15) is 4.79 Å². The lowest BCUT2D eigenvalue weighted by molar-refractivity contribution is 0.0878. The first-order valence-corrected chi connectivity index (χ1v) is 7.85. The molecule has 2 amide bonds. The number of carbonyl (C=O) groups excluding carboxylic acids is 1. The van der Waals surface area contributed by atoms with E-state index in [0.717, 1.165) is 39.3 Å². The summed E-state index contributed by atoms with van der Waals surface area (Å²) in [4.78, 5) is 16.5. The first-order valence-electron chi connectivity index (χ1n) is 7.09. The molecule has 114 valence electrons. The van der Waals surface area contributed by atoms with Crippen LogP contribution in [0.15, 0.2) is 18.2 Å². The van der Waals surface area contributed by atoms with Crippen LogP contribution in [0.25, 0.3) is 0 Å². The van der Waals surface area contributed by atoms with Crippen LogP contribution in [0, 0.1) is 0 Å². The van der Waals surface area contributed by atoms with E-state index >= 15 is 0 Å². The van der Waals surface area contributed by atoms with Crippen molar-refractivity contribution in [2.45, 2.75) is 6.04 Å². The molecule has 5 nitrogen and oxygen atoms in total. The normalized spacial score (nSPS) is 20.2. The number of rotatable bonds is 2. The van der Waals surface area contributed by atoms with E-state index in [1.807, 2.05) is 4.90 Å². The van der Waals surface area contributed by atoms with Crippen LogP contribution in [0.1, 0.15) is 0 Å². The molecule has 0 aromatic heterocycles. The fourth-order valence-electron chi connectivity index (χ4n) is 2.60. The second-order valence-corrected chi connectivity index (χ2v) is 6.21. The van der Waals surface area contributed by atoms with Crippen molar-refractivity contribution in [1.29, 1.82) is 0 Å². The lowest BCUT2D eigenvalue weighted by Crippen LogP contribution is -2.62. The average molecular weight is 329 g/mol. The van der Waals surface area contributed by atoms with Crippen molar-refractivity contribution in [3.8, 4) is 0 Å². The van der Waals surface area contributed by atoms with Gasteiger partial charge in [-0.15, -0.1) is 0 Å². The van der Waals surface area contributed by atoms with Gasteiger partial charge in [-0.3, -0.25) is 4.90 Å². The molecule has 2 aliphatic rings. The van der Waals surface area contributed by atoms with Gasteiger partial charge in [0.1, 0.15) is 0 Å². The number of anilines is 1. The SMILES string of the molecule is O=C(Nc1ccc(Cl)c(Cl)c1)N1CCN(C2CNC2)CC1. The van der Waals surface area contributed by atoms with Crippen LogP contribution in [0.2, 0.25) is 10.0 Å². The highest BCUT2D eigenvalue weighted by molar-refractivity contribution is 6.42. The van der Waals surface area contributed by atoms with Crippen molar-refractivity contribution in [1.82, 2.24) is 15.1 Å². The summed E-state index contributed by atoms with van der Waals surface area (Å²) in [5, 5.41) is 7.07. The molecule has 21 heavy (non-hydrogen) atoms. The second kappa shape index (κ2) is 6.40. The van der Waals surface area contributed by atoms with Gasteiger partial charge in [0, 0.05) is 51.0 Å². The smallest absolute Gasteiger partial charge is 0.321 e. The third-order valence-electron chi connectivity index (χ3n) is 4.05. The van der Waals surface area contributed by atoms with E-state index in [-0.39, 0.29) is 6.03 Å². The van der Waals surface area contributed by atoms with Crippen LogP contribution in [-0.2, 0) is 0 Å². The molecule has 2 N–H and O–H groups in total. The summed E-state index contributed by atoms with van der Waals surface area (Å²) in [5.74, 6) is 0. The maximum atomic E-state index is 12.2. The quantitative estimate of drug-likeness (QED) is 0.874. The summed E-state index contributed by atoms with van der Waals surface area (Å²) in [6.07, 6.45) is 0. The minimum Gasteiger partial charge on any atom is -0.322 e. The van der Waals surface area contributed by atoms with E-state index in [1.165, 1.54) is 0 Å². The van der Waals surface area contributed by atoms with Crippen molar-refractivity contribution in [2.75, 3.05) is 44.6 Å². The lowest BCUT2D eigenvalue weighted by Gasteiger charge is -2.43. The van der Waals surface area contributed by atoms with E-state index in [1.54, 1.807) is 18.2 Å². The predicted molar refractivity (Wildman–Crippen MR) is 85.3 cm³/mol. The molecule has 2 heterocycles. The van der Waals surface area contributed by atoms with Crippen LogP contribution < -0.4 is 10.6 Å². The van der Waals surface area contributed by atoms with Crippen LogP contribution in [0.3, 0.4) is 0 Å². The van der Waals surface area contributed by atoms with Crippen molar-refractivity contribution >= 4 is 34.9 Å². The van der Waals surface area contributed by atoms with E-state index in [4.69, 9.17) is 23.2 Å². The van der Waals surface area contributed by atoms with Gasteiger partial charge in [-0.05, 0) is 18.2 Å². The zero-order chi connectivity index (χ0) is 14.8. The zero-order valence-corrected chi connectivity index (χ0v) is 13.1. The van der Waals surface area contributed by atoms with Crippen molar-refractivity contribution in [2.24, 2.45) is 0 Å². The Morgan fingerprint density at radius 3 is 2.43 bits per heavy atom. The third kappa shape index (κ3) is 3.43. The summed E-state index contributed by atoms with van der Waals surface area (Å²) >= 11 is 11.8. The Balaban J connectivity index is 1.52. The number of carbonyl (C=O) groups is 1. The Morgan fingerprint density at radius 2 is 1.86 bits per heavy atom. The van der Waals surface area contributed by atoms with Crippen LogP contribution >= 0.6 is 23.2 Å². The van der Waals surface area contributed by atoms with E-state index in [0.29, 0.717) is 21.8 Å². The molecule has 1 aromatic rings. The summed E-state index contributed by atoms with van der Waals surface area (Å²) < 4.78 is 0. The second-order valence-electron chi connectivity index (χ2n) is 5.39. The maximum Gasteiger partial charge on any atom is 0.321 e. The molecule has 0 saturated carbocycles. The van der Waals surface area contributed by atoms with Crippen molar-refractivity contribution in [3.63, 3.8) is 0 Å². The highest BCUT2D eigenvalue weighted by Crippen LogP contribution is 2.25. The molecule has 0 bridgehead atoms. The number of nitrogens with zero attached hydrogens (tertiary/aromatic N) is 2. The maximum absolute atomic E-state index is 12.2. The van der Waals surface area contributed by atoms with Gasteiger partial charge < -0.3 is 15.5 Å². The lowest BCUT2D eigenvalue weighted by atomic mass is 10.1. The molecule has 1 aromatic carbocycles. The summed E-state index contributed by atoms with van der Waals surface area (Å²) in [6.45, 7) is 5.50. The van der Waals surface area contributed by atoms with Crippen LogP contribution in [0.4, 0.5) is 10.5 Å². The number of benzene rings is 1. The Hall–Kier alpha value is -1.01. The first kappa shape index (κ1) is 14.9. The van der Waals surface area contributed by atoms with Gasteiger partial charge in [-0.25, -0.2) is 4.79 Å². The topological polar surface area (TPSA) is 47.6 Å². The Bertz CT molecular complexity index is 528.